The van der Waals surface area contributed by atoms with Crippen molar-refractivity contribution in [3.8, 4) is 0 Å². The zero-order valence-corrected chi connectivity index (χ0v) is 14.0. The Balaban J connectivity index is 1.94. The van der Waals surface area contributed by atoms with Gasteiger partial charge in [-0.15, -0.1) is 23.1 Å². The van der Waals surface area contributed by atoms with E-state index < -0.39 is 23.5 Å². The van der Waals surface area contributed by atoms with Gasteiger partial charge in [-0.3, -0.25) is 5.43 Å². The van der Waals surface area contributed by atoms with Gasteiger partial charge in [-0.25, -0.2) is 0 Å². The molecule has 1 N–H and O–H groups in total. The van der Waals surface area contributed by atoms with Crippen LogP contribution in [-0.4, -0.2) is 11.5 Å². The molecule has 2 heterocycles. The molecule has 0 amide bonds. The molecule has 0 saturated carbocycles. The van der Waals surface area contributed by atoms with E-state index in [-0.39, 0.29) is 11.8 Å². The van der Waals surface area contributed by atoms with Crippen LogP contribution in [0.15, 0.2) is 39.0 Å². The number of nitrogens with zero attached hydrogens (tertiary/aromatic N) is 1. The van der Waals surface area contributed by atoms with Gasteiger partial charge in [-0.2, -0.15) is 31.4 Å². The van der Waals surface area contributed by atoms with E-state index in [2.05, 4.69) is 10.5 Å². The lowest BCUT2D eigenvalue weighted by Gasteiger charge is -2.16. The van der Waals surface area contributed by atoms with Crippen LogP contribution in [0.4, 0.5) is 32.0 Å². The summed E-state index contributed by atoms with van der Waals surface area (Å²) in [5, 5.41) is 5.90. The molecule has 25 heavy (non-hydrogen) atoms. The molecule has 0 unspecified atom stereocenters. The first-order chi connectivity index (χ1) is 11.6. The molecule has 2 aromatic rings. The second-order valence-electron chi connectivity index (χ2n) is 5.19. The van der Waals surface area contributed by atoms with E-state index in [1.165, 1.54) is 11.3 Å². The molecule has 0 radical (unpaired) electrons. The molecule has 1 aromatic carbocycles. The summed E-state index contributed by atoms with van der Waals surface area (Å²) in [5.41, 5.74) is 0.718. The maximum absolute atomic E-state index is 12.9. The molecule has 10 heteroatoms. The molecule has 1 aliphatic heterocycles. The summed E-state index contributed by atoms with van der Waals surface area (Å²) < 4.78 is 78.2. The minimum absolute atomic E-state index is 0.0898. The molecule has 2 nitrogen and oxygen atoms in total. The van der Waals surface area contributed by atoms with Crippen LogP contribution >= 0.6 is 23.1 Å². The average Bonchev–Trinajstić information content (AvgIpc) is 3.00. The van der Waals surface area contributed by atoms with Gasteiger partial charge in [0.25, 0.3) is 0 Å². The summed E-state index contributed by atoms with van der Waals surface area (Å²) >= 11 is 3.16. The van der Waals surface area contributed by atoms with E-state index in [4.69, 9.17) is 0 Å². The monoisotopic (exact) mass is 396 g/mol. The van der Waals surface area contributed by atoms with Gasteiger partial charge >= 0.3 is 12.4 Å². The normalized spacial score (nSPS) is 16.8. The Labute approximate surface area is 146 Å². The molecule has 134 valence electrons. The third-order valence-electron chi connectivity index (χ3n) is 3.42. The highest BCUT2D eigenvalue weighted by molar-refractivity contribution is 8.01. The van der Waals surface area contributed by atoms with Gasteiger partial charge in [0.15, 0.2) is 0 Å². The lowest BCUT2D eigenvalue weighted by atomic mass is 10.1. The standard InChI is InChI=1S/C15H10F6N2S2/c16-14(17,18)8-5-9(15(19,20)21)7-10(6-8)22-23-12-2-4-25-13-11(12)1-3-24-13/h1,3,5-7,22H,2,4H2. The molecule has 0 fully saturated rings. The van der Waals surface area contributed by atoms with Crippen LogP contribution in [0.25, 0.3) is 0 Å². The molecule has 0 bridgehead atoms. The highest BCUT2D eigenvalue weighted by Crippen LogP contribution is 2.38. The lowest BCUT2D eigenvalue weighted by molar-refractivity contribution is -0.143. The van der Waals surface area contributed by atoms with Gasteiger partial charge in [-0.1, -0.05) is 0 Å². The fourth-order valence-electron chi connectivity index (χ4n) is 2.26. The maximum Gasteiger partial charge on any atom is 0.416 e. The van der Waals surface area contributed by atoms with Crippen LogP contribution < -0.4 is 5.43 Å². The SMILES string of the molecule is FC(F)(F)c1cc(NN=C2CCSc3sccc32)cc(C(F)(F)F)c1. The second kappa shape index (κ2) is 6.56. The average molecular weight is 396 g/mol. The highest BCUT2D eigenvalue weighted by Gasteiger charge is 2.37. The Morgan fingerprint density at radius 1 is 0.960 bits per heavy atom. The summed E-state index contributed by atoms with van der Waals surface area (Å²) in [6.45, 7) is 0. The van der Waals surface area contributed by atoms with Gasteiger partial charge in [0.1, 0.15) is 0 Å². The van der Waals surface area contributed by atoms with E-state index >= 15 is 0 Å². The molecule has 0 saturated heterocycles. The quantitative estimate of drug-likeness (QED) is 0.490. The summed E-state index contributed by atoms with van der Waals surface area (Å²) in [4.78, 5) is 0. The largest absolute Gasteiger partial charge is 0.416 e. The number of thioether (sulfide) groups is 1. The van der Waals surface area contributed by atoms with E-state index in [0.717, 1.165) is 15.5 Å². The van der Waals surface area contributed by atoms with Crippen LogP contribution in [0.2, 0.25) is 0 Å². The molecular weight excluding hydrogens is 386 g/mol. The predicted molar refractivity (Wildman–Crippen MR) is 86.3 cm³/mol. The van der Waals surface area contributed by atoms with E-state index in [0.29, 0.717) is 24.3 Å². The van der Waals surface area contributed by atoms with Gasteiger partial charge < -0.3 is 0 Å². The van der Waals surface area contributed by atoms with E-state index in [1.54, 1.807) is 11.8 Å². The fourth-order valence-corrected chi connectivity index (χ4v) is 4.42. The fraction of sp³-hybridized carbons (Fsp3) is 0.267. The zero-order chi connectivity index (χ0) is 18.2. The van der Waals surface area contributed by atoms with Gasteiger partial charge in [0.2, 0.25) is 0 Å². The zero-order valence-electron chi connectivity index (χ0n) is 12.3. The first-order valence-corrected chi connectivity index (χ1v) is 8.84. The van der Waals surface area contributed by atoms with Crippen molar-refractivity contribution in [3.05, 3.63) is 46.3 Å². The number of hydrazone groups is 1. The van der Waals surface area contributed by atoms with Crippen molar-refractivity contribution < 1.29 is 26.3 Å². The van der Waals surface area contributed by atoms with Crippen molar-refractivity contribution in [2.24, 2.45) is 5.10 Å². The van der Waals surface area contributed by atoms with Crippen molar-refractivity contribution in [2.45, 2.75) is 23.0 Å². The first-order valence-electron chi connectivity index (χ1n) is 6.97. The second-order valence-corrected chi connectivity index (χ2v) is 7.46. The van der Waals surface area contributed by atoms with Crippen molar-refractivity contribution in [1.82, 2.24) is 0 Å². The molecule has 0 aliphatic carbocycles. The summed E-state index contributed by atoms with van der Waals surface area (Å²) in [5.74, 6) is 0.754. The maximum atomic E-state index is 12.9. The topological polar surface area (TPSA) is 24.4 Å². The molecule has 1 aliphatic rings. The lowest BCUT2D eigenvalue weighted by Crippen LogP contribution is -2.13. The number of thiophene rings is 1. The minimum atomic E-state index is -4.88. The first kappa shape index (κ1) is 18.1. The van der Waals surface area contributed by atoms with Gasteiger partial charge in [0.05, 0.1) is 26.7 Å². The summed E-state index contributed by atoms with van der Waals surface area (Å²) in [6, 6.07) is 3.16. The van der Waals surface area contributed by atoms with Crippen LogP contribution in [0.5, 0.6) is 0 Å². The van der Waals surface area contributed by atoms with Crippen molar-refractivity contribution in [3.63, 3.8) is 0 Å². The number of benzene rings is 1. The summed E-state index contributed by atoms with van der Waals surface area (Å²) in [7, 11) is 0. The van der Waals surface area contributed by atoms with Gasteiger partial charge in [-0.05, 0) is 29.6 Å². The number of anilines is 1. The number of hydrogen-bond donors (Lipinski definition) is 1. The van der Waals surface area contributed by atoms with Crippen LogP contribution in [0.3, 0.4) is 0 Å². The number of halogens is 6. The third-order valence-corrected chi connectivity index (χ3v) is 5.66. The molecule has 0 atom stereocenters. The molecule has 3 rings (SSSR count). The van der Waals surface area contributed by atoms with Gasteiger partial charge in [0, 0.05) is 17.7 Å². The predicted octanol–water partition coefficient (Wildman–Crippen LogP) is 6.10. The Morgan fingerprint density at radius 3 is 2.20 bits per heavy atom. The minimum Gasteiger partial charge on any atom is -0.278 e. The molecule has 0 spiro atoms. The Bertz CT molecular complexity index is 775. The number of alkyl halides is 6. The number of nitrogens with one attached hydrogen (secondary N) is 1. The molecular formula is C15H10F6N2S2. The van der Waals surface area contributed by atoms with E-state index in [9.17, 15) is 26.3 Å². The van der Waals surface area contributed by atoms with E-state index in [1.807, 2.05) is 11.4 Å². The summed E-state index contributed by atoms with van der Waals surface area (Å²) in [6.07, 6.45) is -9.19. The van der Waals surface area contributed by atoms with Crippen molar-refractivity contribution in [2.75, 3.05) is 11.2 Å². The Kier molecular flexibility index (Phi) is 4.76. The van der Waals surface area contributed by atoms with Crippen molar-refractivity contribution in [1.29, 1.82) is 0 Å². The number of fused-ring (bicyclic) bond motifs is 1. The Hall–Kier alpha value is -1.68. The highest BCUT2D eigenvalue weighted by atomic mass is 32.2. The third kappa shape index (κ3) is 4.12. The van der Waals surface area contributed by atoms with Crippen molar-refractivity contribution >= 4 is 34.5 Å². The Morgan fingerprint density at radius 2 is 1.60 bits per heavy atom. The van der Waals surface area contributed by atoms with Crippen LogP contribution in [0.1, 0.15) is 23.1 Å². The number of rotatable bonds is 2. The smallest absolute Gasteiger partial charge is 0.278 e. The number of hydrogen-bond acceptors (Lipinski definition) is 4. The molecule has 1 aromatic heterocycles. The van der Waals surface area contributed by atoms with Crippen LogP contribution in [0, 0.1) is 0 Å². The van der Waals surface area contributed by atoms with Crippen LogP contribution in [-0.2, 0) is 12.4 Å².